The summed E-state index contributed by atoms with van der Waals surface area (Å²) in [6.07, 6.45) is 1.21. The lowest BCUT2D eigenvalue weighted by Gasteiger charge is -2.27. The maximum atomic E-state index is 12.6. The van der Waals surface area contributed by atoms with E-state index in [2.05, 4.69) is 21.6 Å². The van der Waals surface area contributed by atoms with Crippen molar-refractivity contribution in [3.63, 3.8) is 0 Å². The van der Waals surface area contributed by atoms with Gasteiger partial charge in [-0.2, -0.15) is 5.26 Å². The number of aromatic nitrogens is 3. The van der Waals surface area contributed by atoms with E-state index in [-0.39, 0.29) is 5.91 Å². The normalized spacial score (nSPS) is 13.6. The van der Waals surface area contributed by atoms with Gasteiger partial charge in [-0.05, 0) is 38.5 Å². The van der Waals surface area contributed by atoms with E-state index in [0.717, 1.165) is 5.56 Å². The van der Waals surface area contributed by atoms with Crippen molar-refractivity contribution in [3.05, 3.63) is 65.6 Å². The number of nitrogens with one attached hydrogen (secondary N) is 1. The smallest absolute Gasteiger partial charge is 0.240 e. The van der Waals surface area contributed by atoms with Gasteiger partial charge in [-0.3, -0.25) is 9.20 Å². The van der Waals surface area contributed by atoms with Crippen LogP contribution in [0.3, 0.4) is 0 Å². The molecular weight excluding hydrogens is 368 g/mol. The molecule has 0 fully saturated rings. The van der Waals surface area contributed by atoms with Crippen LogP contribution in [0.1, 0.15) is 43.8 Å². The zero-order chi connectivity index (χ0) is 21.0. The van der Waals surface area contributed by atoms with Crippen molar-refractivity contribution in [1.82, 2.24) is 19.9 Å². The Morgan fingerprint density at radius 3 is 2.66 bits per heavy atom. The predicted molar refractivity (Wildman–Crippen MR) is 108 cm³/mol. The molecule has 29 heavy (non-hydrogen) atoms. The first-order chi connectivity index (χ1) is 13.8. The summed E-state index contributed by atoms with van der Waals surface area (Å²) in [6, 6.07) is 14.6. The third-order valence-electron chi connectivity index (χ3n) is 4.53. The molecule has 0 radical (unpaired) electrons. The summed E-state index contributed by atoms with van der Waals surface area (Å²) in [6.45, 7) is 5.49. The molecule has 150 valence electrons. The Balaban J connectivity index is 1.92. The maximum absolute atomic E-state index is 12.6. The second kappa shape index (κ2) is 8.39. The van der Waals surface area contributed by atoms with Crippen molar-refractivity contribution < 1.29 is 9.53 Å². The predicted octanol–water partition coefficient (Wildman–Crippen LogP) is 2.10. The van der Waals surface area contributed by atoms with E-state index in [9.17, 15) is 10.1 Å². The van der Waals surface area contributed by atoms with Crippen molar-refractivity contribution in [2.24, 2.45) is 5.73 Å². The molecule has 3 aromatic rings. The standard InChI is InChI=1S/C21H24N6O2/c1-14(29-13-15-7-5-4-6-8-15)18(24-20(28)21(2,3)23)19-26-25-17-10-9-16(11-22)12-27(17)19/h4-10,12,14,18H,13,23H2,1-3H3,(H,24,28)/t14-,18+/m0/s1. The number of fused-ring (bicyclic) bond motifs is 1. The Kier molecular flexibility index (Phi) is 5.92. The molecule has 8 nitrogen and oxygen atoms in total. The summed E-state index contributed by atoms with van der Waals surface area (Å²) in [5, 5.41) is 20.6. The fraction of sp³-hybridized carbons (Fsp3) is 0.333. The van der Waals surface area contributed by atoms with Gasteiger partial charge in [0.1, 0.15) is 12.1 Å². The third kappa shape index (κ3) is 4.77. The number of benzene rings is 1. The first-order valence-corrected chi connectivity index (χ1v) is 9.30. The molecule has 0 aliphatic carbocycles. The highest BCUT2D eigenvalue weighted by atomic mass is 16.5. The van der Waals surface area contributed by atoms with Crippen LogP contribution in [0.25, 0.3) is 5.65 Å². The van der Waals surface area contributed by atoms with Crippen molar-refractivity contribution >= 4 is 11.6 Å². The van der Waals surface area contributed by atoms with Crippen LogP contribution in [0.5, 0.6) is 0 Å². The van der Waals surface area contributed by atoms with E-state index in [1.54, 1.807) is 36.6 Å². The molecule has 3 N–H and O–H groups in total. The molecule has 0 aliphatic heterocycles. The van der Waals surface area contributed by atoms with E-state index in [4.69, 9.17) is 10.5 Å². The highest BCUT2D eigenvalue weighted by molar-refractivity contribution is 5.85. The summed E-state index contributed by atoms with van der Waals surface area (Å²) < 4.78 is 7.72. The van der Waals surface area contributed by atoms with Crippen LogP contribution in [0.2, 0.25) is 0 Å². The number of nitriles is 1. The number of ether oxygens (including phenoxy) is 1. The Labute approximate surface area is 169 Å². The fourth-order valence-electron chi connectivity index (χ4n) is 2.80. The second-order valence-electron chi connectivity index (χ2n) is 7.49. The van der Waals surface area contributed by atoms with Crippen molar-refractivity contribution in [3.8, 4) is 6.07 Å². The average molecular weight is 392 g/mol. The number of hydrogen-bond donors (Lipinski definition) is 2. The van der Waals surface area contributed by atoms with Gasteiger partial charge in [0.25, 0.3) is 0 Å². The highest BCUT2D eigenvalue weighted by Gasteiger charge is 2.31. The molecule has 2 atom stereocenters. The first-order valence-electron chi connectivity index (χ1n) is 9.30. The molecule has 1 amide bonds. The Hall–Kier alpha value is -3.28. The summed E-state index contributed by atoms with van der Waals surface area (Å²) >= 11 is 0. The first kappa shape index (κ1) is 20.5. The van der Waals surface area contributed by atoms with Crippen LogP contribution in [-0.4, -0.2) is 32.1 Å². The SMILES string of the molecule is C[C@H](OCc1ccccc1)[C@@H](NC(=O)C(C)(C)N)c1nnc2ccc(C#N)cn12. The van der Waals surface area contributed by atoms with Gasteiger partial charge in [0.15, 0.2) is 11.5 Å². The zero-order valence-electron chi connectivity index (χ0n) is 16.7. The summed E-state index contributed by atoms with van der Waals surface area (Å²) in [5.41, 5.74) is 6.94. The number of pyridine rings is 1. The van der Waals surface area contributed by atoms with Gasteiger partial charge in [0.2, 0.25) is 5.91 Å². The molecule has 2 heterocycles. The van der Waals surface area contributed by atoms with Crippen molar-refractivity contribution in [1.29, 1.82) is 5.26 Å². The van der Waals surface area contributed by atoms with Gasteiger partial charge in [0.05, 0.1) is 23.8 Å². The fourth-order valence-corrected chi connectivity index (χ4v) is 2.80. The van der Waals surface area contributed by atoms with Crippen LogP contribution in [0.15, 0.2) is 48.7 Å². The molecule has 0 saturated heterocycles. The van der Waals surface area contributed by atoms with E-state index < -0.39 is 17.7 Å². The van der Waals surface area contributed by atoms with Gasteiger partial charge < -0.3 is 15.8 Å². The van der Waals surface area contributed by atoms with Crippen LogP contribution < -0.4 is 11.1 Å². The topological polar surface area (TPSA) is 118 Å². The molecule has 0 unspecified atom stereocenters. The number of hydrogen-bond acceptors (Lipinski definition) is 6. The second-order valence-corrected chi connectivity index (χ2v) is 7.49. The lowest BCUT2D eigenvalue weighted by molar-refractivity contribution is -0.127. The Morgan fingerprint density at radius 2 is 2.00 bits per heavy atom. The molecule has 0 saturated carbocycles. The molecule has 2 aromatic heterocycles. The molecule has 0 spiro atoms. The third-order valence-corrected chi connectivity index (χ3v) is 4.53. The van der Waals surface area contributed by atoms with Crippen molar-refractivity contribution in [2.75, 3.05) is 0 Å². The summed E-state index contributed by atoms with van der Waals surface area (Å²) in [5.74, 6) is 0.126. The number of carbonyl (C=O) groups excluding carboxylic acids is 1. The zero-order valence-corrected chi connectivity index (χ0v) is 16.7. The minimum absolute atomic E-state index is 0.342. The number of amides is 1. The largest absolute Gasteiger partial charge is 0.371 e. The number of nitrogens with zero attached hydrogens (tertiary/aromatic N) is 4. The molecule has 1 aromatic carbocycles. The molecular formula is C21H24N6O2. The molecule has 0 aliphatic rings. The molecule has 8 heteroatoms. The van der Waals surface area contributed by atoms with Crippen LogP contribution >= 0.6 is 0 Å². The summed E-state index contributed by atoms with van der Waals surface area (Å²) in [7, 11) is 0. The van der Waals surface area contributed by atoms with E-state index in [0.29, 0.717) is 23.6 Å². The van der Waals surface area contributed by atoms with Crippen LogP contribution in [-0.2, 0) is 16.1 Å². The number of nitrogens with two attached hydrogens (primary N) is 1. The van der Waals surface area contributed by atoms with E-state index in [1.807, 2.05) is 37.3 Å². The summed E-state index contributed by atoms with van der Waals surface area (Å²) in [4.78, 5) is 12.6. The molecule has 3 rings (SSSR count). The lowest BCUT2D eigenvalue weighted by Crippen LogP contribution is -2.52. The van der Waals surface area contributed by atoms with Crippen LogP contribution in [0, 0.1) is 11.3 Å². The van der Waals surface area contributed by atoms with Gasteiger partial charge in [-0.25, -0.2) is 0 Å². The van der Waals surface area contributed by atoms with E-state index in [1.165, 1.54) is 0 Å². The monoisotopic (exact) mass is 392 g/mol. The Morgan fingerprint density at radius 1 is 1.28 bits per heavy atom. The van der Waals surface area contributed by atoms with E-state index >= 15 is 0 Å². The number of rotatable bonds is 7. The average Bonchev–Trinajstić information content (AvgIpc) is 3.12. The Bertz CT molecular complexity index is 1030. The van der Waals surface area contributed by atoms with Gasteiger partial charge in [0, 0.05) is 6.20 Å². The van der Waals surface area contributed by atoms with Crippen LogP contribution in [0.4, 0.5) is 0 Å². The van der Waals surface area contributed by atoms with Gasteiger partial charge in [-0.15, -0.1) is 10.2 Å². The number of carbonyl (C=O) groups is 1. The lowest BCUT2D eigenvalue weighted by atomic mass is 10.0. The quantitative estimate of drug-likeness (QED) is 0.636. The van der Waals surface area contributed by atoms with Gasteiger partial charge in [-0.1, -0.05) is 30.3 Å². The minimum Gasteiger partial charge on any atom is -0.371 e. The van der Waals surface area contributed by atoms with Gasteiger partial charge >= 0.3 is 0 Å². The maximum Gasteiger partial charge on any atom is 0.240 e. The highest BCUT2D eigenvalue weighted by Crippen LogP contribution is 2.21. The van der Waals surface area contributed by atoms with Crippen molar-refractivity contribution in [2.45, 2.75) is 45.1 Å². The molecule has 0 bridgehead atoms. The minimum atomic E-state index is -1.07.